The summed E-state index contributed by atoms with van der Waals surface area (Å²) < 4.78 is 0. The first-order chi connectivity index (χ1) is 11.6. The smallest absolute Gasteiger partial charge is 0.268 e. The molecule has 0 unspecified atom stereocenters. The summed E-state index contributed by atoms with van der Waals surface area (Å²) in [6.07, 6.45) is 7.67. The average Bonchev–Trinajstić information content (AvgIpc) is 3.24. The summed E-state index contributed by atoms with van der Waals surface area (Å²) in [6.45, 7) is 1.89. The van der Waals surface area contributed by atoms with Crippen LogP contribution in [0.2, 0.25) is 0 Å². The van der Waals surface area contributed by atoms with Gasteiger partial charge in [-0.3, -0.25) is 14.6 Å². The molecule has 124 valence electrons. The lowest BCUT2D eigenvalue weighted by Gasteiger charge is -2.28. The number of aromatic amines is 1. The molecule has 0 aromatic carbocycles. The van der Waals surface area contributed by atoms with Crippen molar-refractivity contribution < 1.29 is 9.59 Å². The molecule has 2 aliphatic rings. The zero-order valence-electron chi connectivity index (χ0n) is 13.5. The van der Waals surface area contributed by atoms with E-state index in [0.29, 0.717) is 18.2 Å². The van der Waals surface area contributed by atoms with Crippen molar-refractivity contribution in [1.82, 2.24) is 20.2 Å². The number of nitrogens with zero attached hydrogens (tertiary/aromatic N) is 2. The van der Waals surface area contributed by atoms with Crippen LogP contribution in [0.5, 0.6) is 0 Å². The van der Waals surface area contributed by atoms with Gasteiger partial charge in [0.05, 0.1) is 12.1 Å². The monoisotopic (exact) mass is 324 g/mol. The maximum absolute atomic E-state index is 12.6. The Labute approximate surface area is 140 Å². The zero-order valence-corrected chi connectivity index (χ0v) is 13.5. The minimum atomic E-state index is -0.238. The Morgan fingerprint density at radius 3 is 2.83 bits per heavy atom. The number of hydrogen-bond acceptors (Lipinski definition) is 3. The number of aromatic nitrogens is 2. The van der Waals surface area contributed by atoms with Gasteiger partial charge in [0.25, 0.3) is 5.91 Å². The fourth-order valence-corrected chi connectivity index (χ4v) is 3.54. The molecular weight excluding hydrogens is 304 g/mol. The van der Waals surface area contributed by atoms with E-state index in [1.165, 1.54) is 0 Å². The number of rotatable bonds is 4. The van der Waals surface area contributed by atoms with Crippen molar-refractivity contribution in [3.05, 3.63) is 53.6 Å². The van der Waals surface area contributed by atoms with Gasteiger partial charge in [-0.25, -0.2) is 0 Å². The van der Waals surface area contributed by atoms with Gasteiger partial charge in [0, 0.05) is 31.1 Å². The molecule has 2 atom stereocenters. The van der Waals surface area contributed by atoms with Crippen molar-refractivity contribution in [2.24, 2.45) is 0 Å². The molecule has 1 saturated carbocycles. The highest BCUT2D eigenvalue weighted by atomic mass is 16.2. The second-order valence-electron chi connectivity index (χ2n) is 6.58. The summed E-state index contributed by atoms with van der Waals surface area (Å²) in [5, 5.41) is 3.05. The van der Waals surface area contributed by atoms with Crippen molar-refractivity contribution >= 4 is 11.8 Å². The molecule has 3 heterocycles. The summed E-state index contributed by atoms with van der Waals surface area (Å²) in [4.78, 5) is 34.2. The summed E-state index contributed by atoms with van der Waals surface area (Å²) >= 11 is 0. The number of H-pyrrole nitrogens is 1. The van der Waals surface area contributed by atoms with Crippen LogP contribution in [0.1, 0.15) is 46.9 Å². The van der Waals surface area contributed by atoms with Crippen molar-refractivity contribution in [3.63, 3.8) is 0 Å². The van der Waals surface area contributed by atoms with E-state index < -0.39 is 0 Å². The van der Waals surface area contributed by atoms with Crippen molar-refractivity contribution in [3.8, 4) is 0 Å². The van der Waals surface area contributed by atoms with Gasteiger partial charge in [-0.2, -0.15) is 0 Å². The molecule has 2 fully saturated rings. The van der Waals surface area contributed by atoms with E-state index in [9.17, 15) is 9.59 Å². The molecule has 6 nitrogen and oxygen atoms in total. The van der Waals surface area contributed by atoms with Gasteiger partial charge in [0.1, 0.15) is 5.69 Å². The van der Waals surface area contributed by atoms with Crippen LogP contribution in [0.25, 0.3) is 0 Å². The molecule has 6 heteroatoms. The number of likely N-dealkylation sites (tertiary alicyclic amines) is 1. The van der Waals surface area contributed by atoms with E-state index in [1.54, 1.807) is 18.6 Å². The Kier molecular flexibility index (Phi) is 3.59. The van der Waals surface area contributed by atoms with Gasteiger partial charge in [0.2, 0.25) is 5.91 Å². The largest absolute Gasteiger partial charge is 0.357 e. The van der Waals surface area contributed by atoms with Crippen LogP contribution < -0.4 is 5.32 Å². The molecule has 1 aliphatic heterocycles. The average molecular weight is 324 g/mol. The van der Waals surface area contributed by atoms with Gasteiger partial charge in [-0.15, -0.1) is 0 Å². The summed E-state index contributed by atoms with van der Waals surface area (Å²) in [5.74, 6) is -0.0540. The molecule has 0 radical (unpaired) electrons. The van der Waals surface area contributed by atoms with Crippen LogP contribution in [0.3, 0.4) is 0 Å². The van der Waals surface area contributed by atoms with Gasteiger partial charge in [-0.05, 0) is 43.0 Å². The van der Waals surface area contributed by atoms with E-state index in [0.717, 1.165) is 24.0 Å². The first-order valence-corrected chi connectivity index (χ1v) is 8.31. The maximum Gasteiger partial charge on any atom is 0.268 e. The number of hydrogen-bond donors (Lipinski definition) is 2. The third-order valence-electron chi connectivity index (χ3n) is 4.83. The fraction of sp³-hybridized carbons (Fsp3) is 0.389. The van der Waals surface area contributed by atoms with Gasteiger partial charge in [0.15, 0.2) is 0 Å². The van der Waals surface area contributed by atoms with E-state index in [2.05, 4.69) is 15.3 Å². The van der Waals surface area contributed by atoms with Gasteiger partial charge >= 0.3 is 0 Å². The second-order valence-corrected chi connectivity index (χ2v) is 6.58. The number of aryl methyl sites for hydroxylation is 1. The predicted octanol–water partition coefficient (Wildman–Crippen LogP) is 1.95. The molecule has 2 amide bonds. The lowest BCUT2D eigenvalue weighted by molar-refractivity contribution is -0.129. The van der Waals surface area contributed by atoms with Crippen LogP contribution in [-0.4, -0.2) is 38.8 Å². The minimum absolute atomic E-state index is 0.111. The lowest BCUT2D eigenvalue weighted by atomic mass is 10.0. The van der Waals surface area contributed by atoms with E-state index in [1.807, 2.05) is 30.0 Å². The second kappa shape index (κ2) is 5.78. The molecule has 2 aromatic rings. The Morgan fingerprint density at radius 2 is 2.21 bits per heavy atom. The third kappa shape index (κ3) is 2.58. The van der Waals surface area contributed by atoms with E-state index in [4.69, 9.17) is 0 Å². The summed E-state index contributed by atoms with van der Waals surface area (Å²) in [6, 6.07) is 5.64. The highest BCUT2D eigenvalue weighted by Crippen LogP contribution is 2.41. The normalized spacial score (nSPS) is 23.5. The molecule has 4 rings (SSSR count). The Balaban J connectivity index is 1.62. The topological polar surface area (TPSA) is 78.1 Å². The molecule has 2 N–H and O–H groups in total. The number of pyridine rings is 1. The lowest BCUT2D eigenvalue weighted by Crippen LogP contribution is -2.40. The van der Waals surface area contributed by atoms with Crippen LogP contribution in [0.15, 0.2) is 36.8 Å². The molecule has 1 saturated heterocycles. The van der Waals surface area contributed by atoms with Crippen LogP contribution >= 0.6 is 0 Å². The predicted molar refractivity (Wildman–Crippen MR) is 88.2 cm³/mol. The molecule has 2 aromatic heterocycles. The number of amides is 2. The van der Waals surface area contributed by atoms with Crippen LogP contribution in [0, 0.1) is 6.92 Å². The summed E-state index contributed by atoms with van der Waals surface area (Å²) in [5.41, 5.74) is 2.43. The number of nitrogens with one attached hydrogen (secondary N) is 2. The van der Waals surface area contributed by atoms with E-state index in [-0.39, 0.29) is 23.9 Å². The molecule has 0 spiro atoms. The number of carbonyl (C=O) groups is 2. The fourth-order valence-electron chi connectivity index (χ4n) is 3.54. The SMILES string of the molecule is Cc1cc[nH]c1C(=O)N[C@@H]1CC(=O)N(C2CC2)[C@H]1c1cccnc1. The molecule has 1 aliphatic carbocycles. The van der Waals surface area contributed by atoms with Crippen molar-refractivity contribution in [2.45, 2.75) is 44.3 Å². The third-order valence-corrected chi connectivity index (χ3v) is 4.83. The van der Waals surface area contributed by atoms with Gasteiger partial charge in [-0.1, -0.05) is 6.07 Å². The van der Waals surface area contributed by atoms with Gasteiger partial charge < -0.3 is 15.2 Å². The number of carbonyl (C=O) groups excluding carboxylic acids is 2. The van der Waals surface area contributed by atoms with Crippen molar-refractivity contribution in [1.29, 1.82) is 0 Å². The van der Waals surface area contributed by atoms with Crippen LogP contribution in [-0.2, 0) is 4.79 Å². The summed E-state index contributed by atoms with van der Waals surface area (Å²) in [7, 11) is 0. The maximum atomic E-state index is 12.6. The highest BCUT2D eigenvalue weighted by Gasteiger charge is 2.47. The Hall–Kier alpha value is -2.63. The molecular formula is C18H20N4O2. The Bertz CT molecular complexity index is 766. The molecule has 0 bridgehead atoms. The molecule has 24 heavy (non-hydrogen) atoms. The first-order valence-electron chi connectivity index (χ1n) is 8.31. The zero-order chi connectivity index (χ0) is 16.7. The quantitative estimate of drug-likeness (QED) is 0.902. The Morgan fingerprint density at radius 1 is 1.38 bits per heavy atom. The van der Waals surface area contributed by atoms with Crippen molar-refractivity contribution in [2.75, 3.05) is 0 Å². The van der Waals surface area contributed by atoms with E-state index >= 15 is 0 Å². The standard InChI is InChI=1S/C18H20N4O2/c1-11-6-8-20-16(11)18(24)21-14-9-15(23)22(13-4-5-13)17(14)12-3-2-7-19-10-12/h2-3,6-8,10,13-14,17,20H,4-5,9H2,1H3,(H,21,24)/t14-,17+/m1/s1. The highest BCUT2D eigenvalue weighted by molar-refractivity contribution is 5.95. The van der Waals surface area contributed by atoms with Crippen LogP contribution in [0.4, 0.5) is 0 Å². The minimum Gasteiger partial charge on any atom is -0.357 e. The first kappa shape index (κ1) is 14.9.